The number of carboxylic acid groups (broad SMARTS) is 1. The van der Waals surface area contributed by atoms with Crippen LogP contribution in [0.2, 0.25) is 0 Å². The molecule has 7 heteroatoms. The summed E-state index contributed by atoms with van der Waals surface area (Å²) in [5.74, 6) is -3.78. The minimum Gasteiger partial charge on any atom is -0.507 e. The number of aliphatic hydroxyl groups is 1. The van der Waals surface area contributed by atoms with Gasteiger partial charge in [-0.1, -0.05) is 42.0 Å². The Kier molecular flexibility index (Phi) is 5.26. The molecule has 144 valence electrons. The summed E-state index contributed by atoms with van der Waals surface area (Å²) in [5, 5.41) is 19.7. The first kappa shape index (κ1) is 19.3. The number of aliphatic hydroxyl groups excluding tert-OH is 1. The minimum absolute atomic E-state index is 0.147. The number of carboxylic acids is 1. The topological polar surface area (TPSA) is 94.9 Å². The molecule has 1 atom stereocenters. The first-order chi connectivity index (χ1) is 13.3. The molecule has 1 amide bonds. The fraction of sp³-hybridized carbons (Fsp3) is 0.190. The highest BCUT2D eigenvalue weighted by Crippen LogP contribution is 2.39. The van der Waals surface area contributed by atoms with Crippen LogP contribution in [-0.2, 0) is 14.4 Å². The van der Waals surface area contributed by atoms with Gasteiger partial charge in [0.1, 0.15) is 11.6 Å². The van der Waals surface area contributed by atoms with Crippen molar-refractivity contribution in [3.05, 3.63) is 76.6 Å². The number of aliphatic carboxylic acids is 1. The number of hydrogen-bond acceptors (Lipinski definition) is 4. The average Bonchev–Trinajstić information content (AvgIpc) is 2.91. The number of halogens is 1. The molecule has 28 heavy (non-hydrogen) atoms. The summed E-state index contributed by atoms with van der Waals surface area (Å²) in [4.78, 5) is 37.3. The van der Waals surface area contributed by atoms with E-state index in [0.29, 0.717) is 11.1 Å². The molecule has 6 nitrogen and oxygen atoms in total. The van der Waals surface area contributed by atoms with Gasteiger partial charge in [0.15, 0.2) is 0 Å². The van der Waals surface area contributed by atoms with E-state index in [9.17, 15) is 23.9 Å². The van der Waals surface area contributed by atoms with Crippen LogP contribution in [0.1, 0.15) is 29.2 Å². The fourth-order valence-electron chi connectivity index (χ4n) is 3.19. The number of rotatable bonds is 5. The second-order valence-electron chi connectivity index (χ2n) is 6.55. The van der Waals surface area contributed by atoms with E-state index in [1.54, 1.807) is 24.3 Å². The molecule has 0 spiro atoms. The van der Waals surface area contributed by atoms with Crippen molar-refractivity contribution in [3.63, 3.8) is 0 Å². The Morgan fingerprint density at radius 1 is 1.04 bits per heavy atom. The van der Waals surface area contributed by atoms with Gasteiger partial charge in [0.25, 0.3) is 11.7 Å². The number of likely N-dealkylation sites (tertiary alicyclic amines) is 1. The lowest BCUT2D eigenvalue weighted by molar-refractivity contribution is -0.142. The molecule has 2 aromatic carbocycles. The van der Waals surface area contributed by atoms with Crippen molar-refractivity contribution in [2.75, 3.05) is 6.54 Å². The lowest BCUT2D eigenvalue weighted by atomic mass is 9.95. The fourth-order valence-corrected chi connectivity index (χ4v) is 3.19. The summed E-state index contributed by atoms with van der Waals surface area (Å²) < 4.78 is 13.3. The third kappa shape index (κ3) is 3.64. The maximum Gasteiger partial charge on any atom is 0.305 e. The van der Waals surface area contributed by atoms with E-state index >= 15 is 0 Å². The van der Waals surface area contributed by atoms with E-state index < -0.39 is 29.5 Å². The Balaban J connectivity index is 2.14. The summed E-state index contributed by atoms with van der Waals surface area (Å²) in [6.07, 6.45) is -0.366. The van der Waals surface area contributed by atoms with E-state index in [1.165, 1.54) is 24.3 Å². The summed E-state index contributed by atoms with van der Waals surface area (Å²) in [5.41, 5.74) is 1.56. The maximum atomic E-state index is 13.3. The van der Waals surface area contributed by atoms with Crippen molar-refractivity contribution in [3.8, 4) is 0 Å². The monoisotopic (exact) mass is 383 g/mol. The Morgan fingerprint density at radius 3 is 2.21 bits per heavy atom. The van der Waals surface area contributed by atoms with Gasteiger partial charge < -0.3 is 15.1 Å². The first-order valence-electron chi connectivity index (χ1n) is 8.62. The van der Waals surface area contributed by atoms with Gasteiger partial charge in [-0.05, 0) is 24.6 Å². The van der Waals surface area contributed by atoms with E-state index in [0.717, 1.165) is 10.5 Å². The van der Waals surface area contributed by atoms with Gasteiger partial charge >= 0.3 is 5.97 Å². The predicted molar refractivity (Wildman–Crippen MR) is 98.8 cm³/mol. The molecule has 0 aromatic heterocycles. The van der Waals surface area contributed by atoms with Gasteiger partial charge in [0, 0.05) is 12.1 Å². The predicted octanol–water partition coefficient (Wildman–Crippen LogP) is 3.03. The highest BCUT2D eigenvalue weighted by atomic mass is 19.1. The molecule has 0 saturated carbocycles. The van der Waals surface area contributed by atoms with E-state index in [2.05, 4.69) is 0 Å². The van der Waals surface area contributed by atoms with Crippen LogP contribution in [0.3, 0.4) is 0 Å². The van der Waals surface area contributed by atoms with Gasteiger partial charge in [0.05, 0.1) is 18.0 Å². The molecule has 1 fully saturated rings. The van der Waals surface area contributed by atoms with Crippen molar-refractivity contribution in [2.45, 2.75) is 19.4 Å². The number of hydrogen-bond donors (Lipinski definition) is 2. The zero-order valence-corrected chi connectivity index (χ0v) is 15.1. The van der Waals surface area contributed by atoms with Crippen LogP contribution in [0.5, 0.6) is 0 Å². The first-order valence-corrected chi connectivity index (χ1v) is 8.62. The van der Waals surface area contributed by atoms with Crippen molar-refractivity contribution >= 4 is 23.4 Å². The molecule has 3 rings (SSSR count). The van der Waals surface area contributed by atoms with Gasteiger partial charge in [-0.3, -0.25) is 14.4 Å². The molecular weight excluding hydrogens is 365 g/mol. The van der Waals surface area contributed by atoms with Crippen LogP contribution >= 0.6 is 0 Å². The zero-order valence-electron chi connectivity index (χ0n) is 15.1. The van der Waals surface area contributed by atoms with Gasteiger partial charge in [-0.15, -0.1) is 0 Å². The molecule has 2 aromatic rings. The third-order valence-electron chi connectivity index (χ3n) is 4.62. The molecule has 1 saturated heterocycles. The second-order valence-corrected chi connectivity index (χ2v) is 6.55. The lowest BCUT2D eigenvalue weighted by Gasteiger charge is -2.24. The second kappa shape index (κ2) is 7.64. The van der Waals surface area contributed by atoms with Crippen LogP contribution in [0.15, 0.2) is 54.1 Å². The van der Waals surface area contributed by atoms with Crippen LogP contribution < -0.4 is 0 Å². The van der Waals surface area contributed by atoms with Crippen molar-refractivity contribution in [1.82, 2.24) is 4.90 Å². The Hall–Kier alpha value is -3.48. The standard InChI is InChI=1S/C21H18FNO5/c1-12-2-4-14(5-3-12)19(26)17-18(13-6-8-15(22)9-7-13)23(11-10-16(24)25)21(28)20(17)27/h2-9,18,26H,10-11H2,1H3,(H,24,25)/t18-/m1/s1. The van der Waals surface area contributed by atoms with E-state index in [1.807, 2.05) is 6.92 Å². The van der Waals surface area contributed by atoms with Crippen molar-refractivity contribution in [2.24, 2.45) is 0 Å². The number of Topliss-reactive ketones (excluding diaryl/α,β-unsaturated/α-hetero) is 1. The van der Waals surface area contributed by atoms with Crippen LogP contribution in [0.4, 0.5) is 4.39 Å². The van der Waals surface area contributed by atoms with Crippen LogP contribution in [-0.4, -0.2) is 39.3 Å². The number of aryl methyl sites for hydroxylation is 1. The zero-order chi connectivity index (χ0) is 20.4. The lowest BCUT2D eigenvalue weighted by Crippen LogP contribution is -2.31. The van der Waals surface area contributed by atoms with Crippen molar-refractivity contribution < 1.29 is 29.0 Å². The Bertz CT molecular complexity index is 963. The molecule has 1 aliphatic heterocycles. The third-order valence-corrected chi connectivity index (χ3v) is 4.62. The molecular formula is C21H18FNO5. The molecule has 0 unspecified atom stereocenters. The number of carbonyl (C=O) groups excluding carboxylic acids is 2. The molecule has 0 bridgehead atoms. The molecule has 0 aliphatic carbocycles. The van der Waals surface area contributed by atoms with Crippen LogP contribution in [0, 0.1) is 12.7 Å². The molecule has 2 N–H and O–H groups in total. The van der Waals surface area contributed by atoms with Crippen molar-refractivity contribution in [1.29, 1.82) is 0 Å². The summed E-state index contributed by atoms with van der Waals surface area (Å²) in [6, 6.07) is 10.9. The van der Waals surface area contributed by atoms with E-state index in [4.69, 9.17) is 5.11 Å². The largest absolute Gasteiger partial charge is 0.507 e. The number of carbonyl (C=O) groups is 3. The number of benzene rings is 2. The Labute approximate surface area is 160 Å². The molecule has 0 radical (unpaired) electrons. The highest BCUT2D eigenvalue weighted by Gasteiger charge is 2.46. The molecule has 1 heterocycles. The number of amides is 1. The molecule has 1 aliphatic rings. The summed E-state index contributed by atoms with van der Waals surface area (Å²) in [7, 11) is 0. The minimum atomic E-state index is -1.13. The van der Waals surface area contributed by atoms with Gasteiger partial charge in [-0.2, -0.15) is 0 Å². The average molecular weight is 383 g/mol. The van der Waals surface area contributed by atoms with E-state index in [-0.39, 0.29) is 24.3 Å². The number of nitrogens with zero attached hydrogens (tertiary/aromatic N) is 1. The smallest absolute Gasteiger partial charge is 0.305 e. The number of ketones is 1. The normalized spacial score (nSPS) is 18.5. The highest BCUT2D eigenvalue weighted by molar-refractivity contribution is 6.46. The summed E-state index contributed by atoms with van der Waals surface area (Å²) in [6.45, 7) is 1.65. The van der Waals surface area contributed by atoms with Crippen LogP contribution in [0.25, 0.3) is 5.76 Å². The quantitative estimate of drug-likeness (QED) is 0.470. The SMILES string of the molecule is Cc1ccc(C(O)=C2C(=O)C(=O)N(CCC(=O)O)[C@@H]2c2ccc(F)cc2)cc1. The Morgan fingerprint density at radius 2 is 1.64 bits per heavy atom. The van der Waals surface area contributed by atoms with Gasteiger partial charge in [0.2, 0.25) is 0 Å². The maximum absolute atomic E-state index is 13.3. The summed E-state index contributed by atoms with van der Waals surface area (Å²) >= 11 is 0. The van der Waals surface area contributed by atoms with Gasteiger partial charge in [-0.25, -0.2) is 4.39 Å².